The third kappa shape index (κ3) is 4.86. The summed E-state index contributed by atoms with van der Waals surface area (Å²) in [6, 6.07) is 16.5. The van der Waals surface area contributed by atoms with Crippen LogP contribution >= 0.6 is 0 Å². The molecule has 0 bridgehead atoms. The first-order chi connectivity index (χ1) is 19.2. The molecule has 0 saturated carbocycles. The molecule has 3 aromatic heterocycles. The number of benzene rings is 2. The van der Waals surface area contributed by atoms with Gasteiger partial charge in [-0.2, -0.15) is 0 Å². The molecule has 0 unspecified atom stereocenters. The minimum atomic E-state index is 0.192. The molecule has 0 atom stereocenters. The Labute approximate surface area is 227 Å². The highest BCUT2D eigenvalue weighted by atomic mass is 16.5. The van der Waals surface area contributed by atoms with Gasteiger partial charge in [0.25, 0.3) is 0 Å². The van der Waals surface area contributed by atoms with E-state index in [9.17, 15) is 0 Å². The first-order valence-electron chi connectivity index (χ1n) is 13.7. The second kappa shape index (κ2) is 10.2. The fourth-order valence-corrected chi connectivity index (χ4v) is 5.58. The van der Waals surface area contributed by atoms with E-state index in [1.165, 1.54) is 0 Å². The van der Waals surface area contributed by atoms with Gasteiger partial charge < -0.3 is 9.64 Å². The van der Waals surface area contributed by atoms with Gasteiger partial charge >= 0.3 is 0 Å². The van der Waals surface area contributed by atoms with Gasteiger partial charge in [-0.15, -0.1) is 0 Å². The van der Waals surface area contributed by atoms with Gasteiger partial charge in [-0.1, -0.05) is 18.2 Å². The van der Waals surface area contributed by atoms with Gasteiger partial charge in [0.1, 0.15) is 6.10 Å². The summed E-state index contributed by atoms with van der Waals surface area (Å²) in [6.45, 7) is 2.09. The summed E-state index contributed by atoms with van der Waals surface area (Å²) in [5.41, 5.74) is 8.11. The molecule has 5 aromatic rings. The number of likely N-dealkylation sites (tertiary alicyclic amines) is 1. The SMILES string of the molecule is CN1CCC(Oc2cnc3ccc(C4=CCCCc5nc(-c6ccc7ncccc7c6)ncc54)cc3n2)CC1. The van der Waals surface area contributed by atoms with E-state index < -0.39 is 0 Å². The molecule has 2 aromatic carbocycles. The molecule has 7 heteroatoms. The van der Waals surface area contributed by atoms with Crippen LogP contribution in [0.5, 0.6) is 5.88 Å². The maximum absolute atomic E-state index is 6.22. The number of pyridine rings is 1. The average Bonchev–Trinajstić information content (AvgIpc) is 3.20. The van der Waals surface area contributed by atoms with Crippen LogP contribution in [0.15, 0.2) is 73.2 Å². The second-order valence-corrected chi connectivity index (χ2v) is 10.5. The lowest BCUT2D eigenvalue weighted by atomic mass is 9.97. The highest BCUT2D eigenvalue weighted by Crippen LogP contribution is 2.33. The lowest BCUT2D eigenvalue weighted by Gasteiger charge is -2.28. The van der Waals surface area contributed by atoms with Crippen molar-refractivity contribution in [2.75, 3.05) is 20.1 Å². The Hall–Kier alpha value is -4.23. The molecule has 4 heterocycles. The van der Waals surface area contributed by atoms with Crippen molar-refractivity contribution in [3.8, 4) is 17.3 Å². The van der Waals surface area contributed by atoms with Gasteiger partial charge in [0.05, 0.1) is 28.4 Å². The molecule has 1 fully saturated rings. The van der Waals surface area contributed by atoms with E-state index in [-0.39, 0.29) is 6.10 Å². The molecule has 194 valence electrons. The lowest BCUT2D eigenvalue weighted by Crippen LogP contribution is -2.35. The average molecular weight is 515 g/mol. The first-order valence-corrected chi connectivity index (χ1v) is 13.7. The maximum atomic E-state index is 6.22. The molecule has 0 N–H and O–H groups in total. The van der Waals surface area contributed by atoms with Crippen LogP contribution in [-0.4, -0.2) is 56.1 Å². The highest BCUT2D eigenvalue weighted by Gasteiger charge is 2.20. The van der Waals surface area contributed by atoms with Crippen LogP contribution in [0.1, 0.15) is 42.5 Å². The van der Waals surface area contributed by atoms with E-state index in [2.05, 4.69) is 58.3 Å². The predicted molar refractivity (Wildman–Crippen MR) is 153 cm³/mol. The van der Waals surface area contributed by atoms with Gasteiger partial charge in [-0.3, -0.25) is 4.98 Å². The fourth-order valence-electron chi connectivity index (χ4n) is 5.58. The van der Waals surface area contributed by atoms with Crippen LogP contribution in [0.4, 0.5) is 0 Å². The van der Waals surface area contributed by atoms with Crippen LogP contribution in [0.2, 0.25) is 0 Å². The van der Waals surface area contributed by atoms with Crippen LogP contribution in [-0.2, 0) is 6.42 Å². The van der Waals surface area contributed by atoms with Gasteiger partial charge in [0, 0.05) is 42.0 Å². The van der Waals surface area contributed by atoms with Crippen molar-refractivity contribution in [2.45, 2.75) is 38.2 Å². The van der Waals surface area contributed by atoms with Gasteiger partial charge in [0.2, 0.25) is 5.88 Å². The summed E-state index contributed by atoms with van der Waals surface area (Å²) in [5, 5.41) is 1.09. The summed E-state index contributed by atoms with van der Waals surface area (Å²) in [7, 11) is 2.15. The topological polar surface area (TPSA) is 76.9 Å². The van der Waals surface area contributed by atoms with Crippen LogP contribution in [0, 0.1) is 0 Å². The largest absolute Gasteiger partial charge is 0.473 e. The third-order valence-corrected chi connectivity index (χ3v) is 7.77. The second-order valence-electron chi connectivity index (χ2n) is 10.5. The van der Waals surface area contributed by atoms with Crippen molar-refractivity contribution in [3.05, 3.63) is 90.0 Å². The van der Waals surface area contributed by atoms with Crippen LogP contribution in [0.3, 0.4) is 0 Å². The zero-order valence-electron chi connectivity index (χ0n) is 22.0. The van der Waals surface area contributed by atoms with Crippen LogP contribution in [0.25, 0.3) is 38.9 Å². The van der Waals surface area contributed by atoms with E-state index in [0.29, 0.717) is 5.88 Å². The van der Waals surface area contributed by atoms with E-state index in [1.54, 1.807) is 6.20 Å². The van der Waals surface area contributed by atoms with E-state index in [4.69, 9.17) is 19.7 Å². The van der Waals surface area contributed by atoms with Crippen molar-refractivity contribution < 1.29 is 4.74 Å². The van der Waals surface area contributed by atoms with E-state index in [1.807, 2.05) is 30.6 Å². The smallest absolute Gasteiger partial charge is 0.233 e. The standard InChI is InChI=1S/C32H30N6O/c1-38-15-12-24(13-16-38)39-31-20-34-29-11-8-21(18-30(29)36-31)25-6-2-3-7-28-26(25)19-35-32(37-28)23-9-10-27-22(17-23)5-4-14-33-27/h4-6,8-11,14,17-20,24H,2-3,7,12-13,15-16H2,1H3. The molecule has 0 radical (unpaired) electrons. The summed E-state index contributed by atoms with van der Waals surface area (Å²) in [6.07, 6.45) is 13.0. The molecule has 7 nitrogen and oxygen atoms in total. The summed E-state index contributed by atoms with van der Waals surface area (Å²) in [5.74, 6) is 1.35. The van der Waals surface area contributed by atoms with Crippen molar-refractivity contribution in [3.63, 3.8) is 0 Å². The van der Waals surface area contributed by atoms with Crippen molar-refractivity contribution >= 4 is 27.5 Å². The lowest BCUT2D eigenvalue weighted by molar-refractivity contribution is 0.110. The Balaban J connectivity index is 1.20. The monoisotopic (exact) mass is 514 g/mol. The van der Waals surface area contributed by atoms with Gasteiger partial charge in [-0.05, 0) is 86.7 Å². The number of aromatic nitrogens is 5. The van der Waals surface area contributed by atoms with E-state index in [0.717, 1.165) is 101 Å². The number of hydrogen-bond donors (Lipinski definition) is 0. The number of ether oxygens (including phenoxy) is 1. The minimum absolute atomic E-state index is 0.192. The summed E-state index contributed by atoms with van der Waals surface area (Å²) >= 11 is 0. The molecule has 1 aliphatic heterocycles. The first kappa shape index (κ1) is 23.9. The number of rotatable bonds is 4. The fraction of sp³-hybridized carbons (Fsp3) is 0.281. The molecule has 2 aliphatic rings. The van der Waals surface area contributed by atoms with Gasteiger partial charge in [0.15, 0.2) is 5.82 Å². The van der Waals surface area contributed by atoms with Crippen molar-refractivity contribution in [1.29, 1.82) is 0 Å². The van der Waals surface area contributed by atoms with Crippen molar-refractivity contribution in [1.82, 2.24) is 29.8 Å². The Morgan fingerprint density at radius 1 is 0.846 bits per heavy atom. The quantitative estimate of drug-likeness (QED) is 0.297. The Kier molecular flexibility index (Phi) is 6.21. The number of hydrogen-bond acceptors (Lipinski definition) is 7. The summed E-state index contributed by atoms with van der Waals surface area (Å²) < 4.78 is 6.22. The number of fused-ring (bicyclic) bond motifs is 3. The molecule has 0 spiro atoms. The normalized spacial score (nSPS) is 16.6. The Morgan fingerprint density at radius 3 is 2.64 bits per heavy atom. The number of allylic oxidation sites excluding steroid dienone is 1. The molecule has 7 rings (SSSR count). The summed E-state index contributed by atoms with van der Waals surface area (Å²) in [4.78, 5) is 26.1. The predicted octanol–water partition coefficient (Wildman–Crippen LogP) is 5.88. The molecule has 39 heavy (non-hydrogen) atoms. The maximum Gasteiger partial charge on any atom is 0.233 e. The molecule has 1 aliphatic carbocycles. The van der Waals surface area contributed by atoms with Crippen LogP contribution < -0.4 is 4.74 Å². The van der Waals surface area contributed by atoms with Crippen molar-refractivity contribution in [2.24, 2.45) is 0 Å². The number of piperidine rings is 1. The van der Waals surface area contributed by atoms with Gasteiger partial charge in [-0.25, -0.2) is 19.9 Å². The number of nitrogens with zero attached hydrogens (tertiary/aromatic N) is 6. The highest BCUT2D eigenvalue weighted by molar-refractivity contribution is 5.87. The zero-order valence-corrected chi connectivity index (χ0v) is 22.0. The Morgan fingerprint density at radius 2 is 1.72 bits per heavy atom. The third-order valence-electron chi connectivity index (χ3n) is 7.77. The zero-order chi connectivity index (χ0) is 26.2. The molecular weight excluding hydrogens is 484 g/mol. The number of aryl methyl sites for hydroxylation is 1. The molecular formula is C32H30N6O. The molecule has 1 saturated heterocycles. The van der Waals surface area contributed by atoms with E-state index >= 15 is 0 Å². The Bertz CT molecular complexity index is 1710. The molecule has 0 amide bonds. The minimum Gasteiger partial charge on any atom is -0.473 e.